The SMILES string of the molecule is O=C(OC1CC2CCC(C1)N2)c1c[nH]c2ccccc12. The van der Waals surface area contributed by atoms with Crippen molar-refractivity contribution in [3.8, 4) is 0 Å². The van der Waals surface area contributed by atoms with Crippen molar-refractivity contribution >= 4 is 16.9 Å². The summed E-state index contributed by atoms with van der Waals surface area (Å²) in [4.78, 5) is 15.5. The maximum absolute atomic E-state index is 12.4. The van der Waals surface area contributed by atoms with Crippen LogP contribution in [-0.2, 0) is 4.74 Å². The Balaban J connectivity index is 1.53. The average molecular weight is 270 g/mol. The minimum atomic E-state index is -0.200. The fourth-order valence-corrected chi connectivity index (χ4v) is 3.56. The van der Waals surface area contributed by atoms with Crippen LogP contribution in [-0.4, -0.2) is 29.1 Å². The fourth-order valence-electron chi connectivity index (χ4n) is 3.56. The first-order valence-corrected chi connectivity index (χ1v) is 7.33. The number of fused-ring (bicyclic) bond motifs is 3. The minimum Gasteiger partial charge on any atom is -0.459 e. The van der Waals surface area contributed by atoms with E-state index in [2.05, 4.69) is 10.3 Å². The largest absolute Gasteiger partial charge is 0.459 e. The van der Waals surface area contributed by atoms with Gasteiger partial charge in [0.05, 0.1) is 5.56 Å². The van der Waals surface area contributed by atoms with Crippen LogP contribution in [0, 0.1) is 0 Å². The standard InChI is InChI=1S/C16H18N2O2/c19-16(14-9-17-15-4-2-1-3-13(14)15)20-12-7-10-5-6-11(8-12)18-10/h1-4,9-12,17-18H,5-8H2. The summed E-state index contributed by atoms with van der Waals surface area (Å²) in [7, 11) is 0. The molecule has 0 radical (unpaired) electrons. The van der Waals surface area contributed by atoms with E-state index in [4.69, 9.17) is 4.74 Å². The number of H-pyrrole nitrogens is 1. The zero-order valence-electron chi connectivity index (χ0n) is 11.3. The highest BCUT2D eigenvalue weighted by Crippen LogP contribution is 2.29. The lowest BCUT2D eigenvalue weighted by atomic mass is 10.0. The van der Waals surface area contributed by atoms with Crippen LogP contribution in [0.3, 0.4) is 0 Å². The number of nitrogens with one attached hydrogen (secondary N) is 2. The summed E-state index contributed by atoms with van der Waals surface area (Å²) in [5, 5.41) is 4.50. The van der Waals surface area contributed by atoms with Gasteiger partial charge in [-0.1, -0.05) is 18.2 Å². The minimum absolute atomic E-state index is 0.0647. The van der Waals surface area contributed by atoms with E-state index < -0.39 is 0 Å². The van der Waals surface area contributed by atoms with E-state index >= 15 is 0 Å². The third-order valence-corrected chi connectivity index (χ3v) is 4.51. The van der Waals surface area contributed by atoms with Crippen LogP contribution < -0.4 is 5.32 Å². The van der Waals surface area contributed by atoms with Gasteiger partial charge >= 0.3 is 5.97 Å². The molecule has 0 aliphatic carbocycles. The summed E-state index contributed by atoms with van der Waals surface area (Å²) >= 11 is 0. The summed E-state index contributed by atoms with van der Waals surface area (Å²) in [6, 6.07) is 8.89. The van der Waals surface area contributed by atoms with E-state index in [1.54, 1.807) is 6.20 Å². The van der Waals surface area contributed by atoms with Crippen LogP contribution in [0.4, 0.5) is 0 Å². The molecule has 4 nitrogen and oxygen atoms in total. The maximum Gasteiger partial charge on any atom is 0.340 e. The lowest BCUT2D eigenvalue weighted by molar-refractivity contribution is 0.0179. The second-order valence-corrected chi connectivity index (χ2v) is 5.88. The van der Waals surface area contributed by atoms with Crippen molar-refractivity contribution in [3.05, 3.63) is 36.0 Å². The summed E-state index contributed by atoms with van der Waals surface area (Å²) < 4.78 is 5.73. The Morgan fingerprint density at radius 1 is 1.15 bits per heavy atom. The molecule has 2 atom stereocenters. The third kappa shape index (κ3) is 2.00. The highest BCUT2D eigenvalue weighted by atomic mass is 16.5. The summed E-state index contributed by atoms with van der Waals surface area (Å²) in [5.74, 6) is -0.200. The van der Waals surface area contributed by atoms with Crippen molar-refractivity contribution in [1.82, 2.24) is 10.3 Å². The molecule has 2 saturated heterocycles. The predicted molar refractivity (Wildman–Crippen MR) is 76.7 cm³/mol. The van der Waals surface area contributed by atoms with Crippen LogP contribution in [0.5, 0.6) is 0 Å². The van der Waals surface area contributed by atoms with Gasteiger partial charge in [-0.05, 0) is 31.7 Å². The molecule has 2 aromatic rings. The molecule has 0 amide bonds. The lowest BCUT2D eigenvalue weighted by Gasteiger charge is -2.28. The Hall–Kier alpha value is -1.81. The quantitative estimate of drug-likeness (QED) is 0.825. The highest BCUT2D eigenvalue weighted by molar-refractivity contribution is 6.04. The first-order valence-electron chi connectivity index (χ1n) is 7.33. The second-order valence-electron chi connectivity index (χ2n) is 5.88. The first kappa shape index (κ1) is 12.0. The zero-order chi connectivity index (χ0) is 13.5. The van der Waals surface area contributed by atoms with Crippen molar-refractivity contribution < 1.29 is 9.53 Å². The number of aromatic amines is 1. The van der Waals surface area contributed by atoms with Crippen LogP contribution in [0.15, 0.2) is 30.5 Å². The van der Waals surface area contributed by atoms with Gasteiger partial charge < -0.3 is 15.0 Å². The summed E-state index contributed by atoms with van der Waals surface area (Å²) in [6.07, 6.45) is 6.14. The average Bonchev–Trinajstić information content (AvgIpc) is 3.02. The molecule has 104 valence electrons. The number of piperidine rings is 1. The molecule has 4 heteroatoms. The molecule has 2 unspecified atom stereocenters. The van der Waals surface area contributed by atoms with Gasteiger partial charge in [0.25, 0.3) is 0 Å². The molecule has 2 aliphatic rings. The van der Waals surface area contributed by atoms with Gasteiger partial charge in [0.15, 0.2) is 0 Å². The van der Waals surface area contributed by atoms with Gasteiger partial charge in [0.1, 0.15) is 6.10 Å². The second kappa shape index (κ2) is 4.63. The zero-order valence-corrected chi connectivity index (χ0v) is 11.3. The smallest absolute Gasteiger partial charge is 0.340 e. The van der Waals surface area contributed by atoms with Gasteiger partial charge in [0.2, 0.25) is 0 Å². The predicted octanol–water partition coefficient (Wildman–Crippen LogP) is 2.61. The van der Waals surface area contributed by atoms with Crippen molar-refractivity contribution in [3.63, 3.8) is 0 Å². The van der Waals surface area contributed by atoms with E-state index in [9.17, 15) is 4.79 Å². The molecule has 2 aliphatic heterocycles. The number of hydrogen-bond donors (Lipinski definition) is 2. The Morgan fingerprint density at radius 2 is 1.90 bits per heavy atom. The number of carbonyl (C=O) groups is 1. The number of ether oxygens (including phenoxy) is 1. The summed E-state index contributed by atoms with van der Waals surface area (Å²) in [5.41, 5.74) is 1.62. The highest BCUT2D eigenvalue weighted by Gasteiger charge is 2.35. The van der Waals surface area contributed by atoms with Crippen molar-refractivity contribution in [2.24, 2.45) is 0 Å². The molecular formula is C16H18N2O2. The fraction of sp³-hybridized carbons (Fsp3) is 0.438. The van der Waals surface area contributed by atoms with Crippen molar-refractivity contribution in [2.75, 3.05) is 0 Å². The molecule has 1 aromatic carbocycles. The number of para-hydroxylation sites is 1. The van der Waals surface area contributed by atoms with Gasteiger partial charge in [-0.2, -0.15) is 0 Å². The number of esters is 1. The molecule has 2 N–H and O–H groups in total. The lowest BCUT2D eigenvalue weighted by Crippen LogP contribution is -2.42. The molecule has 0 saturated carbocycles. The third-order valence-electron chi connectivity index (χ3n) is 4.51. The Morgan fingerprint density at radius 3 is 2.70 bits per heavy atom. The van der Waals surface area contributed by atoms with E-state index in [1.807, 2.05) is 24.3 Å². The number of carbonyl (C=O) groups excluding carboxylic acids is 1. The van der Waals surface area contributed by atoms with Crippen molar-refractivity contribution in [1.29, 1.82) is 0 Å². The molecule has 3 heterocycles. The van der Waals surface area contributed by atoms with Crippen LogP contribution in [0.2, 0.25) is 0 Å². The number of benzene rings is 1. The van der Waals surface area contributed by atoms with Crippen molar-refractivity contribution in [2.45, 2.75) is 43.9 Å². The number of hydrogen-bond acceptors (Lipinski definition) is 3. The van der Waals surface area contributed by atoms with E-state index in [1.165, 1.54) is 12.8 Å². The molecule has 2 fully saturated rings. The molecule has 1 aromatic heterocycles. The van der Waals surface area contributed by atoms with Crippen LogP contribution in [0.1, 0.15) is 36.0 Å². The first-order chi connectivity index (χ1) is 9.79. The maximum atomic E-state index is 12.4. The molecule has 20 heavy (non-hydrogen) atoms. The Bertz CT molecular complexity index is 637. The Labute approximate surface area is 117 Å². The Kier molecular flexibility index (Phi) is 2.77. The molecule has 4 rings (SSSR count). The molecular weight excluding hydrogens is 252 g/mol. The van der Waals surface area contributed by atoms with Gasteiger partial charge in [-0.3, -0.25) is 0 Å². The van der Waals surface area contributed by atoms with Gasteiger partial charge in [-0.25, -0.2) is 4.79 Å². The molecule has 0 spiro atoms. The number of rotatable bonds is 2. The van der Waals surface area contributed by atoms with E-state index in [-0.39, 0.29) is 12.1 Å². The normalized spacial score (nSPS) is 28.7. The van der Waals surface area contributed by atoms with E-state index in [0.717, 1.165) is 23.7 Å². The van der Waals surface area contributed by atoms with Gasteiger partial charge in [0, 0.05) is 29.2 Å². The van der Waals surface area contributed by atoms with Gasteiger partial charge in [-0.15, -0.1) is 0 Å². The number of aromatic nitrogens is 1. The monoisotopic (exact) mass is 270 g/mol. The van der Waals surface area contributed by atoms with Crippen LogP contribution >= 0.6 is 0 Å². The van der Waals surface area contributed by atoms with Crippen LogP contribution in [0.25, 0.3) is 10.9 Å². The summed E-state index contributed by atoms with van der Waals surface area (Å²) in [6.45, 7) is 0. The van der Waals surface area contributed by atoms with E-state index in [0.29, 0.717) is 17.6 Å². The molecule has 2 bridgehead atoms. The topological polar surface area (TPSA) is 54.1 Å².